The highest BCUT2D eigenvalue weighted by Crippen LogP contribution is 2.04. The average molecular weight is 203 g/mol. The molecule has 0 aliphatic carbocycles. The van der Waals surface area contributed by atoms with Crippen molar-refractivity contribution in [3.63, 3.8) is 0 Å². The van der Waals surface area contributed by atoms with E-state index in [1.165, 1.54) is 6.39 Å². The maximum absolute atomic E-state index is 11.4. The van der Waals surface area contributed by atoms with Gasteiger partial charge in [-0.3, -0.25) is 4.79 Å². The Kier molecular flexibility index (Phi) is 3.31. The Labute approximate surface area is 81.3 Å². The number of alkyl halides is 1. The standard InChI is InChI=1S/C8H11ClN2O2/c1-5(3-9)11-8(12)7-6(2)10-4-13-7/h4-5H,3H2,1-2H3,(H,11,12). The largest absolute Gasteiger partial charge is 0.438 e. The van der Waals surface area contributed by atoms with E-state index in [1.54, 1.807) is 6.92 Å². The number of rotatable bonds is 3. The van der Waals surface area contributed by atoms with Gasteiger partial charge in [-0.15, -0.1) is 11.6 Å². The lowest BCUT2D eigenvalue weighted by atomic mass is 10.3. The highest BCUT2D eigenvalue weighted by molar-refractivity contribution is 6.18. The third-order valence-corrected chi connectivity index (χ3v) is 2.02. The van der Waals surface area contributed by atoms with E-state index in [9.17, 15) is 4.79 Å². The molecular weight excluding hydrogens is 192 g/mol. The first-order valence-electron chi connectivity index (χ1n) is 3.92. The molecule has 0 saturated heterocycles. The van der Waals surface area contributed by atoms with E-state index in [0.717, 1.165) is 0 Å². The third-order valence-electron chi connectivity index (χ3n) is 1.56. The van der Waals surface area contributed by atoms with Crippen molar-refractivity contribution in [2.24, 2.45) is 0 Å². The zero-order valence-electron chi connectivity index (χ0n) is 7.50. The summed E-state index contributed by atoms with van der Waals surface area (Å²) in [6.07, 6.45) is 1.25. The summed E-state index contributed by atoms with van der Waals surface area (Å²) < 4.78 is 4.91. The van der Waals surface area contributed by atoms with E-state index in [-0.39, 0.29) is 17.7 Å². The van der Waals surface area contributed by atoms with Crippen molar-refractivity contribution < 1.29 is 9.21 Å². The summed E-state index contributed by atoms with van der Waals surface area (Å²) in [5, 5.41) is 2.67. The zero-order chi connectivity index (χ0) is 9.84. The van der Waals surface area contributed by atoms with Crippen molar-refractivity contribution in [1.82, 2.24) is 10.3 Å². The van der Waals surface area contributed by atoms with Crippen LogP contribution in [0.25, 0.3) is 0 Å². The first-order chi connectivity index (χ1) is 6.15. The van der Waals surface area contributed by atoms with Crippen LogP contribution < -0.4 is 5.32 Å². The summed E-state index contributed by atoms with van der Waals surface area (Å²) in [4.78, 5) is 15.2. The molecule has 0 bridgehead atoms. The normalized spacial score (nSPS) is 12.5. The summed E-state index contributed by atoms with van der Waals surface area (Å²) in [6.45, 7) is 3.53. The van der Waals surface area contributed by atoms with E-state index in [4.69, 9.17) is 16.0 Å². The molecule has 0 fully saturated rings. The van der Waals surface area contributed by atoms with Crippen LogP contribution in [0.2, 0.25) is 0 Å². The monoisotopic (exact) mass is 202 g/mol. The van der Waals surface area contributed by atoms with Crippen LogP contribution in [-0.2, 0) is 0 Å². The number of aryl methyl sites for hydroxylation is 1. The van der Waals surface area contributed by atoms with Gasteiger partial charge in [-0.25, -0.2) is 4.98 Å². The minimum atomic E-state index is -0.275. The minimum absolute atomic E-state index is 0.0707. The van der Waals surface area contributed by atoms with Crippen molar-refractivity contribution in [2.75, 3.05) is 5.88 Å². The van der Waals surface area contributed by atoms with Crippen molar-refractivity contribution in [1.29, 1.82) is 0 Å². The van der Waals surface area contributed by atoms with E-state index < -0.39 is 0 Å². The molecule has 0 aromatic carbocycles. The first-order valence-corrected chi connectivity index (χ1v) is 4.45. The Balaban J connectivity index is 2.64. The summed E-state index contributed by atoms with van der Waals surface area (Å²) in [6, 6.07) is -0.0707. The van der Waals surface area contributed by atoms with Crippen molar-refractivity contribution >= 4 is 17.5 Å². The van der Waals surface area contributed by atoms with Crippen LogP contribution in [0.15, 0.2) is 10.8 Å². The van der Waals surface area contributed by atoms with Crippen LogP contribution in [0.3, 0.4) is 0 Å². The first kappa shape index (κ1) is 10.1. The Morgan fingerprint density at radius 2 is 2.54 bits per heavy atom. The van der Waals surface area contributed by atoms with Crippen molar-refractivity contribution in [3.05, 3.63) is 17.8 Å². The van der Waals surface area contributed by atoms with E-state index in [2.05, 4.69) is 10.3 Å². The quantitative estimate of drug-likeness (QED) is 0.753. The Bertz CT molecular complexity index is 298. The second-order valence-corrected chi connectivity index (χ2v) is 3.10. The number of oxazole rings is 1. The molecule has 1 aromatic heterocycles. The number of hydrogen-bond acceptors (Lipinski definition) is 3. The number of hydrogen-bond donors (Lipinski definition) is 1. The highest BCUT2D eigenvalue weighted by atomic mass is 35.5. The predicted molar refractivity (Wildman–Crippen MR) is 48.9 cm³/mol. The number of carbonyl (C=O) groups excluding carboxylic acids is 1. The van der Waals surface area contributed by atoms with Gasteiger partial charge in [0.15, 0.2) is 6.39 Å². The van der Waals surface area contributed by atoms with Crippen molar-refractivity contribution in [3.8, 4) is 0 Å². The summed E-state index contributed by atoms with van der Waals surface area (Å²) in [5.41, 5.74) is 0.583. The molecule has 1 rings (SSSR count). The van der Waals surface area contributed by atoms with Crippen LogP contribution >= 0.6 is 11.6 Å². The lowest BCUT2D eigenvalue weighted by Gasteiger charge is -2.08. The SMILES string of the molecule is Cc1ncoc1C(=O)NC(C)CCl. The Hall–Kier alpha value is -1.03. The van der Waals surface area contributed by atoms with Gasteiger partial charge in [0.25, 0.3) is 5.91 Å². The second kappa shape index (κ2) is 4.28. The van der Waals surface area contributed by atoms with Crippen LogP contribution in [0.1, 0.15) is 23.2 Å². The van der Waals surface area contributed by atoms with Crippen LogP contribution in [0.4, 0.5) is 0 Å². The fourth-order valence-corrected chi connectivity index (χ4v) is 0.925. The van der Waals surface area contributed by atoms with Gasteiger partial charge in [0, 0.05) is 11.9 Å². The van der Waals surface area contributed by atoms with E-state index >= 15 is 0 Å². The molecule has 1 unspecified atom stereocenters. The van der Waals surface area contributed by atoms with Crippen LogP contribution in [0, 0.1) is 6.92 Å². The molecule has 1 heterocycles. The lowest BCUT2D eigenvalue weighted by Crippen LogP contribution is -2.33. The molecule has 0 spiro atoms. The molecule has 0 saturated carbocycles. The fraction of sp³-hybridized carbons (Fsp3) is 0.500. The molecule has 1 N–H and O–H groups in total. The van der Waals surface area contributed by atoms with Gasteiger partial charge in [-0.05, 0) is 13.8 Å². The molecule has 72 valence electrons. The number of aromatic nitrogens is 1. The van der Waals surface area contributed by atoms with E-state index in [0.29, 0.717) is 11.6 Å². The van der Waals surface area contributed by atoms with Crippen LogP contribution in [-0.4, -0.2) is 22.8 Å². The average Bonchev–Trinajstić information content (AvgIpc) is 2.51. The highest BCUT2D eigenvalue weighted by Gasteiger charge is 2.15. The maximum Gasteiger partial charge on any atom is 0.289 e. The summed E-state index contributed by atoms with van der Waals surface area (Å²) >= 11 is 5.54. The Morgan fingerprint density at radius 1 is 1.85 bits per heavy atom. The molecule has 0 aliphatic rings. The van der Waals surface area contributed by atoms with Gasteiger partial charge in [0.05, 0.1) is 5.69 Å². The molecule has 1 amide bonds. The van der Waals surface area contributed by atoms with Gasteiger partial charge in [0.2, 0.25) is 5.76 Å². The lowest BCUT2D eigenvalue weighted by molar-refractivity contribution is 0.0914. The molecule has 0 radical (unpaired) electrons. The third kappa shape index (κ3) is 2.45. The smallest absolute Gasteiger partial charge is 0.289 e. The zero-order valence-corrected chi connectivity index (χ0v) is 8.26. The minimum Gasteiger partial charge on any atom is -0.438 e. The second-order valence-electron chi connectivity index (χ2n) is 2.80. The van der Waals surface area contributed by atoms with E-state index in [1.807, 2.05) is 6.92 Å². The number of nitrogens with one attached hydrogen (secondary N) is 1. The summed E-state index contributed by atoms with van der Waals surface area (Å²) in [7, 11) is 0. The van der Waals surface area contributed by atoms with Gasteiger partial charge in [0.1, 0.15) is 0 Å². The molecule has 0 aliphatic heterocycles. The summed E-state index contributed by atoms with van der Waals surface area (Å²) in [5.74, 6) is 0.346. The molecule has 5 heteroatoms. The molecule has 1 atom stereocenters. The number of amides is 1. The molecular formula is C8H11ClN2O2. The maximum atomic E-state index is 11.4. The number of halogens is 1. The van der Waals surface area contributed by atoms with Crippen LogP contribution in [0.5, 0.6) is 0 Å². The number of nitrogens with zero attached hydrogens (tertiary/aromatic N) is 1. The molecule has 4 nitrogen and oxygen atoms in total. The van der Waals surface area contributed by atoms with Gasteiger partial charge in [-0.1, -0.05) is 0 Å². The van der Waals surface area contributed by atoms with Gasteiger partial charge < -0.3 is 9.73 Å². The molecule has 13 heavy (non-hydrogen) atoms. The Morgan fingerprint density at radius 3 is 3.00 bits per heavy atom. The van der Waals surface area contributed by atoms with Gasteiger partial charge >= 0.3 is 0 Å². The van der Waals surface area contributed by atoms with Crippen molar-refractivity contribution in [2.45, 2.75) is 19.9 Å². The topological polar surface area (TPSA) is 55.1 Å². The molecule has 1 aromatic rings. The number of carbonyl (C=O) groups is 1. The predicted octanol–water partition coefficient (Wildman–Crippen LogP) is 1.34. The van der Waals surface area contributed by atoms with Gasteiger partial charge in [-0.2, -0.15) is 0 Å². The fourth-order valence-electron chi connectivity index (χ4n) is 0.848.